The van der Waals surface area contributed by atoms with Crippen molar-refractivity contribution >= 4 is 23.5 Å². The van der Waals surface area contributed by atoms with Crippen molar-refractivity contribution in [3.05, 3.63) is 70.8 Å². The van der Waals surface area contributed by atoms with Crippen molar-refractivity contribution in [1.82, 2.24) is 20.7 Å². The Hall–Kier alpha value is -3.30. The van der Waals surface area contributed by atoms with E-state index in [9.17, 15) is 19.1 Å². The molecule has 0 aliphatic rings. The predicted octanol–water partition coefficient (Wildman–Crippen LogP) is 4.51. The molecule has 3 aromatic rings. The number of aliphatic carboxylic acids is 1. The molecule has 0 fully saturated rings. The highest BCUT2D eigenvalue weighted by Gasteiger charge is 2.37. The van der Waals surface area contributed by atoms with Gasteiger partial charge in [-0.1, -0.05) is 41.1 Å². The molecular formula is C25H28ClFN4O4. The molecule has 0 unspecified atom stereocenters. The summed E-state index contributed by atoms with van der Waals surface area (Å²) in [5, 5.41) is 22.9. The second-order valence-corrected chi connectivity index (χ2v) is 9.43. The number of carbonyl (C=O) groups excluding carboxylic acids is 1. The first-order valence-corrected chi connectivity index (χ1v) is 11.5. The van der Waals surface area contributed by atoms with Gasteiger partial charge in [-0.2, -0.15) is 0 Å². The zero-order chi connectivity index (χ0) is 25.6. The van der Waals surface area contributed by atoms with E-state index in [-0.39, 0.29) is 30.6 Å². The highest BCUT2D eigenvalue weighted by atomic mass is 35.5. The summed E-state index contributed by atoms with van der Waals surface area (Å²) >= 11 is 6.01. The number of carbonyl (C=O) groups is 2. The number of nitrogens with zero attached hydrogens (tertiary/aromatic N) is 2. The summed E-state index contributed by atoms with van der Waals surface area (Å²) in [4.78, 5) is 24.8. The van der Waals surface area contributed by atoms with Gasteiger partial charge >= 0.3 is 5.97 Å². The molecular weight excluding hydrogens is 475 g/mol. The van der Waals surface area contributed by atoms with Crippen LogP contribution in [0.5, 0.6) is 0 Å². The lowest BCUT2D eigenvalue weighted by atomic mass is 9.82. The Morgan fingerprint density at radius 3 is 2.54 bits per heavy atom. The van der Waals surface area contributed by atoms with Crippen molar-refractivity contribution in [2.75, 3.05) is 6.61 Å². The van der Waals surface area contributed by atoms with Crippen LogP contribution in [0, 0.1) is 11.2 Å². The van der Waals surface area contributed by atoms with Crippen LogP contribution in [-0.4, -0.2) is 51.1 Å². The van der Waals surface area contributed by atoms with Gasteiger partial charge in [0.05, 0.1) is 24.3 Å². The number of ether oxygens (including phenoxy) is 1. The number of nitrogens with one attached hydrogen (secondary N) is 2. The molecule has 2 atom stereocenters. The van der Waals surface area contributed by atoms with Crippen LogP contribution in [-0.2, 0) is 16.0 Å². The van der Waals surface area contributed by atoms with Gasteiger partial charge in [0.25, 0.3) is 5.91 Å². The molecule has 3 N–H and O–H groups in total. The SMILES string of the molecule is CC(C)OC[C@](C)(C[C@@H](Cc1ccc(-c2cc(Cl)ccc2F)cc1)NC(=O)c1cnn[nH]1)C(=O)O. The van der Waals surface area contributed by atoms with E-state index in [1.165, 1.54) is 18.3 Å². The number of halogens is 2. The van der Waals surface area contributed by atoms with E-state index in [0.29, 0.717) is 22.6 Å². The van der Waals surface area contributed by atoms with Gasteiger partial charge in [0.1, 0.15) is 11.5 Å². The highest BCUT2D eigenvalue weighted by Crippen LogP contribution is 2.29. The number of aromatic nitrogens is 3. The van der Waals surface area contributed by atoms with E-state index >= 15 is 0 Å². The summed E-state index contributed by atoms with van der Waals surface area (Å²) in [5.74, 6) is -1.86. The monoisotopic (exact) mass is 502 g/mol. The standard InChI is InChI=1S/C25H28ClFN4O4/c1-15(2)35-14-25(3,24(33)34)12-19(29-23(32)22-13-28-31-30-22)10-16-4-6-17(7-5-16)20-11-18(26)8-9-21(20)27/h4-9,11,13,15,19H,10,12,14H2,1-3H3,(H,29,32)(H,33,34)(H,28,30,31)/t19-,25+/m1/s1. The number of benzene rings is 2. The van der Waals surface area contributed by atoms with E-state index in [1.807, 2.05) is 26.0 Å². The lowest BCUT2D eigenvalue weighted by Gasteiger charge is -2.30. The first-order chi connectivity index (χ1) is 16.6. The van der Waals surface area contributed by atoms with Crippen LogP contribution in [0.2, 0.25) is 5.02 Å². The minimum Gasteiger partial charge on any atom is -0.481 e. The topological polar surface area (TPSA) is 117 Å². The second kappa shape index (κ2) is 11.4. The fourth-order valence-electron chi connectivity index (χ4n) is 3.67. The lowest BCUT2D eigenvalue weighted by Crippen LogP contribution is -2.44. The minimum absolute atomic E-state index is 0.00896. The Morgan fingerprint density at radius 1 is 1.23 bits per heavy atom. The van der Waals surface area contributed by atoms with Gasteiger partial charge < -0.3 is 15.2 Å². The van der Waals surface area contributed by atoms with Crippen LogP contribution in [0.25, 0.3) is 11.1 Å². The normalized spacial score (nSPS) is 13.9. The zero-order valence-corrected chi connectivity index (χ0v) is 20.5. The van der Waals surface area contributed by atoms with Crippen molar-refractivity contribution in [2.45, 2.75) is 45.8 Å². The van der Waals surface area contributed by atoms with E-state index in [0.717, 1.165) is 5.56 Å². The molecule has 186 valence electrons. The average molecular weight is 503 g/mol. The van der Waals surface area contributed by atoms with E-state index in [1.54, 1.807) is 25.1 Å². The molecule has 0 spiro atoms. The maximum absolute atomic E-state index is 14.2. The van der Waals surface area contributed by atoms with Gasteiger partial charge in [-0.25, -0.2) is 4.39 Å². The number of hydrogen-bond acceptors (Lipinski definition) is 5. The van der Waals surface area contributed by atoms with Crippen molar-refractivity contribution in [1.29, 1.82) is 0 Å². The van der Waals surface area contributed by atoms with Crippen LogP contribution in [0.1, 0.15) is 43.2 Å². The molecule has 0 bridgehead atoms. The summed E-state index contributed by atoms with van der Waals surface area (Å²) in [5.41, 5.74) is 0.792. The minimum atomic E-state index is -1.24. The summed E-state index contributed by atoms with van der Waals surface area (Å²) in [6.07, 6.45) is 1.61. The Morgan fingerprint density at radius 2 is 1.94 bits per heavy atom. The third-order valence-electron chi connectivity index (χ3n) is 5.62. The molecule has 0 radical (unpaired) electrons. The van der Waals surface area contributed by atoms with Crippen LogP contribution >= 0.6 is 11.6 Å². The van der Waals surface area contributed by atoms with E-state index in [4.69, 9.17) is 16.3 Å². The fraction of sp³-hybridized carbons (Fsp3) is 0.360. The lowest BCUT2D eigenvalue weighted by molar-refractivity contribution is -0.153. The smallest absolute Gasteiger partial charge is 0.311 e. The van der Waals surface area contributed by atoms with Gasteiger partial charge in [0.2, 0.25) is 0 Å². The molecule has 2 aromatic carbocycles. The molecule has 0 aliphatic heterocycles. The molecule has 1 aromatic heterocycles. The van der Waals surface area contributed by atoms with Crippen LogP contribution in [0.4, 0.5) is 4.39 Å². The van der Waals surface area contributed by atoms with Crippen LogP contribution in [0.3, 0.4) is 0 Å². The highest BCUT2D eigenvalue weighted by molar-refractivity contribution is 6.30. The van der Waals surface area contributed by atoms with Crippen molar-refractivity contribution in [3.63, 3.8) is 0 Å². The molecule has 8 nitrogen and oxygen atoms in total. The summed E-state index contributed by atoms with van der Waals surface area (Å²) in [6, 6.07) is 11.0. The number of aromatic amines is 1. The van der Waals surface area contributed by atoms with Crippen LogP contribution in [0.15, 0.2) is 48.7 Å². The zero-order valence-electron chi connectivity index (χ0n) is 19.7. The van der Waals surface area contributed by atoms with E-state index in [2.05, 4.69) is 20.7 Å². The largest absolute Gasteiger partial charge is 0.481 e. The molecule has 1 heterocycles. The van der Waals surface area contributed by atoms with E-state index < -0.39 is 23.3 Å². The first-order valence-electron chi connectivity index (χ1n) is 11.1. The number of carboxylic acid groups (broad SMARTS) is 1. The molecule has 10 heteroatoms. The van der Waals surface area contributed by atoms with Crippen molar-refractivity contribution in [3.8, 4) is 11.1 Å². The van der Waals surface area contributed by atoms with Gasteiger partial charge in [-0.05, 0) is 62.9 Å². The van der Waals surface area contributed by atoms with Gasteiger partial charge in [0, 0.05) is 16.6 Å². The average Bonchev–Trinajstić information content (AvgIpc) is 3.35. The maximum atomic E-state index is 14.2. The molecule has 0 saturated carbocycles. The molecule has 35 heavy (non-hydrogen) atoms. The van der Waals surface area contributed by atoms with Crippen LogP contribution < -0.4 is 5.32 Å². The fourth-order valence-corrected chi connectivity index (χ4v) is 3.84. The van der Waals surface area contributed by atoms with Gasteiger partial charge in [-0.15, -0.1) is 5.10 Å². The Kier molecular flexibility index (Phi) is 8.58. The Bertz CT molecular complexity index is 1150. The second-order valence-electron chi connectivity index (χ2n) is 9.00. The van der Waals surface area contributed by atoms with Gasteiger partial charge in [-0.3, -0.25) is 14.7 Å². The third-order valence-corrected chi connectivity index (χ3v) is 5.85. The quantitative estimate of drug-likeness (QED) is 0.355. The number of hydrogen-bond donors (Lipinski definition) is 3. The number of amides is 1. The molecule has 1 amide bonds. The predicted molar refractivity (Wildman–Crippen MR) is 130 cm³/mol. The molecule has 3 rings (SSSR count). The molecule has 0 aliphatic carbocycles. The number of rotatable bonds is 11. The summed E-state index contributed by atoms with van der Waals surface area (Å²) in [6.45, 7) is 5.25. The Balaban J connectivity index is 1.83. The van der Waals surface area contributed by atoms with Crippen molar-refractivity contribution in [2.24, 2.45) is 5.41 Å². The van der Waals surface area contributed by atoms with Crippen molar-refractivity contribution < 1.29 is 23.8 Å². The third kappa shape index (κ3) is 7.10. The number of carboxylic acids is 1. The maximum Gasteiger partial charge on any atom is 0.311 e. The van der Waals surface area contributed by atoms with Gasteiger partial charge in [0.15, 0.2) is 0 Å². The number of H-pyrrole nitrogens is 1. The Labute approximate surface area is 207 Å². The molecule has 0 saturated heterocycles. The summed E-state index contributed by atoms with van der Waals surface area (Å²) in [7, 11) is 0. The first kappa shape index (κ1) is 26.3. The summed E-state index contributed by atoms with van der Waals surface area (Å²) < 4.78 is 19.9.